The van der Waals surface area contributed by atoms with E-state index >= 15 is 0 Å². The number of carboxylic acids is 1. The molecule has 0 fully saturated rings. The van der Waals surface area contributed by atoms with Crippen LogP contribution < -0.4 is 5.32 Å². The topological polar surface area (TPSA) is 79.3 Å². The summed E-state index contributed by atoms with van der Waals surface area (Å²) in [7, 11) is 0. The van der Waals surface area contributed by atoms with E-state index in [1.807, 2.05) is 20.8 Å². The molecule has 0 aliphatic heterocycles. The summed E-state index contributed by atoms with van der Waals surface area (Å²) in [5, 5.41) is 12.6. The zero-order valence-corrected chi connectivity index (χ0v) is 13.6. The number of hydrogen-bond donors (Lipinski definition) is 2. The molecule has 1 amide bonds. The molecule has 6 heteroatoms. The minimum atomic E-state index is -0.985. The Labute approximate surface area is 123 Å². The van der Waals surface area contributed by atoms with Crippen LogP contribution in [0.25, 0.3) is 0 Å². The summed E-state index contributed by atoms with van der Waals surface area (Å²) in [6.45, 7) is 11.2. The van der Waals surface area contributed by atoms with Crippen LogP contribution in [-0.2, 0) is 10.2 Å². The Morgan fingerprint density at radius 1 is 1.25 bits per heavy atom. The molecule has 0 saturated carbocycles. The van der Waals surface area contributed by atoms with Gasteiger partial charge in [0.2, 0.25) is 0 Å². The van der Waals surface area contributed by atoms with Crippen molar-refractivity contribution in [3.05, 3.63) is 15.6 Å². The van der Waals surface area contributed by atoms with E-state index in [1.54, 1.807) is 20.8 Å². The largest absolute Gasteiger partial charge is 0.481 e. The van der Waals surface area contributed by atoms with E-state index in [-0.39, 0.29) is 17.9 Å². The van der Waals surface area contributed by atoms with Gasteiger partial charge < -0.3 is 10.4 Å². The highest BCUT2D eigenvalue weighted by molar-refractivity contribution is 7.14. The van der Waals surface area contributed by atoms with Gasteiger partial charge in [-0.05, 0) is 20.8 Å². The molecule has 0 atom stereocenters. The van der Waals surface area contributed by atoms with Gasteiger partial charge in [0.1, 0.15) is 4.88 Å². The lowest BCUT2D eigenvalue weighted by Gasteiger charge is -2.19. The fourth-order valence-corrected chi connectivity index (χ4v) is 2.43. The van der Waals surface area contributed by atoms with Gasteiger partial charge in [0.15, 0.2) is 0 Å². The fourth-order valence-electron chi connectivity index (χ4n) is 1.39. The smallest absolute Gasteiger partial charge is 0.310 e. The van der Waals surface area contributed by atoms with Crippen molar-refractivity contribution in [1.82, 2.24) is 10.3 Å². The third-order valence-electron chi connectivity index (χ3n) is 2.91. The summed E-state index contributed by atoms with van der Waals surface area (Å²) in [5.41, 5.74) is -0.402. The Kier molecular flexibility index (Phi) is 4.59. The van der Waals surface area contributed by atoms with Crippen LogP contribution in [0.1, 0.15) is 55.0 Å². The number of carboxylic acid groups (broad SMARTS) is 1. The lowest BCUT2D eigenvalue weighted by Crippen LogP contribution is -2.38. The van der Waals surface area contributed by atoms with Gasteiger partial charge in [0.25, 0.3) is 5.91 Å². The van der Waals surface area contributed by atoms with Crippen molar-refractivity contribution in [3.8, 4) is 0 Å². The fraction of sp³-hybridized carbons (Fsp3) is 0.643. The number of hydrogen-bond acceptors (Lipinski definition) is 4. The van der Waals surface area contributed by atoms with Crippen molar-refractivity contribution in [2.75, 3.05) is 6.54 Å². The van der Waals surface area contributed by atoms with Crippen molar-refractivity contribution in [1.29, 1.82) is 0 Å². The van der Waals surface area contributed by atoms with E-state index in [2.05, 4.69) is 10.3 Å². The Hall–Kier alpha value is -1.43. The first-order valence-corrected chi connectivity index (χ1v) is 7.26. The highest BCUT2D eigenvalue weighted by Gasteiger charge is 2.29. The zero-order valence-electron chi connectivity index (χ0n) is 12.8. The molecule has 0 aliphatic rings. The lowest BCUT2D eigenvalue weighted by atomic mass is 9.94. The standard InChI is InChI=1S/C14H22N2O3S/c1-8-9(20-11(16-8)13(2,3)4)10(17)15-7-14(5,6)12(18)19/h7H2,1-6H3,(H,15,17)(H,18,19). The summed E-state index contributed by atoms with van der Waals surface area (Å²) in [5.74, 6) is -1.20. The van der Waals surface area contributed by atoms with E-state index in [1.165, 1.54) is 11.3 Å². The van der Waals surface area contributed by atoms with Crippen molar-refractivity contribution in [2.24, 2.45) is 5.41 Å². The van der Waals surface area contributed by atoms with Crippen LogP contribution in [-0.4, -0.2) is 28.5 Å². The molecule has 0 unspecified atom stereocenters. The number of aromatic nitrogens is 1. The number of nitrogens with zero attached hydrogens (tertiary/aromatic N) is 1. The summed E-state index contributed by atoms with van der Waals surface area (Å²) in [4.78, 5) is 28.1. The van der Waals surface area contributed by atoms with Crippen LogP contribution in [0.5, 0.6) is 0 Å². The second kappa shape index (κ2) is 5.52. The number of nitrogens with one attached hydrogen (secondary N) is 1. The van der Waals surface area contributed by atoms with Crippen LogP contribution in [0, 0.1) is 12.3 Å². The number of carbonyl (C=O) groups is 2. The number of carbonyl (C=O) groups excluding carboxylic acids is 1. The Morgan fingerprint density at radius 2 is 1.80 bits per heavy atom. The van der Waals surface area contributed by atoms with Gasteiger partial charge in [-0.25, -0.2) is 4.98 Å². The summed E-state index contributed by atoms with van der Waals surface area (Å²) in [6.07, 6.45) is 0. The molecule has 0 aliphatic carbocycles. The van der Waals surface area contributed by atoms with Gasteiger partial charge in [0.05, 0.1) is 16.1 Å². The molecule has 0 bridgehead atoms. The Morgan fingerprint density at radius 3 is 2.20 bits per heavy atom. The summed E-state index contributed by atoms with van der Waals surface area (Å²) < 4.78 is 0. The average molecular weight is 298 g/mol. The average Bonchev–Trinajstić information content (AvgIpc) is 2.68. The number of aliphatic carboxylic acids is 1. The molecule has 1 aromatic rings. The van der Waals surface area contributed by atoms with Crippen molar-refractivity contribution in [2.45, 2.75) is 47.0 Å². The molecule has 0 saturated heterocycles. The van der Waals surface area contributed by atoms with Crippen LogP contribution in [0.15, 0.2) is 0 Å². The molecule has 0 spiro atoms. The third kappa shape index (κ3) is 3.79. The monoisotopic (exact) mass is 298 g/mol. The molecular formula is C14H22N2O3S. The number of rotatable bonds is 4. The molecule has 1 heterocycles. The molecule has 2 N–H and O–H groups in total. The van der Waals surface area contributed by atoms with Crippen LogP contribution >= 0.6 is 11.3 Å². The quantitative estimate of drug-likeness (QED) is 0.895. The molecule has 1 rings (SSSR count). The highest BCUT2D eigenvalue weighted by atomic mass is 32.1. The maximum Gasteiger partial charge on any atom is 0.310 e. The van der Waals surface area contributed by atoms with E-state index in [0.717, 1.165) is 5.01 Å². The van der Waals surface area contributed by atoms with Crippen molar-refractivity contribution >= 4 is 23.2 Å². The molecule has 20 heavy (non-hydrogen) atoms. The number of aryl methyl sites for hydroxylation is 1. The van der Waals surface area contributed by atoms with Gasteiger partial charge in [-0.3, -0.25) is 9.59 Å². The van der Waals surface area contributed by atoms with Gasteiger partial charge in [0, 0.05) is 12.0 Å². The van der Waals surface area contributed by atoms with Gasteiger partial charge >= 0.3 is 5.97 Å². The minimum Gasteiger partial charge on any atom is -0.481 e. The summed E-state index contributed by atoms with van der Waals surface area (Å²) >= 11 is 1.36. The van der Waals surface area contributed by atoms with E-state index in [9.17, 15) is 9.59 Å². The molecule has 112 valence electrons. The van der Waals surface area contributed by atoms with Gasteiger partial charge in [-0.2, -0.15) is 0 Å². The van der Waals surface area contributed by atoms with E-state index in [0.29, 0.717) is 10.6 Å². The second-order valence-corrected chi connectivity index (χ2v) is 7.55. The van der Waals surface area contributed by atoms with E-state index < -0.39 is 11.4 Å². The molecule has 0 radical (unpaired) electrons. The first-order valence-electron chi connectivity index (χ1n) is 6.44. The SMILES string of the molecule is Cc1nc(C(C)(C)C)sc1C(=O)NCC(C)(C)C(=O)O. The predicted octanol–water partition coefficient (Wildman–Crippen LogP) is 2.59. The van der Waals surface area contributed by atoms with Crippen LogP contribution in [0.2, 0.25) is 0 Å². The molecule has 5 nitrogen and oxygen atoms in total. The van der Waals surface area contributed by atoms with Crippen molar-refractivity contribution in [3.63, 3.8) is 0 Å². The lowest BCUT2D eigenvalue weighted by molar-refractivity contribution is -0.146. The minimum absolute atomic E-state index is 0.0867. The normalized spacial score (nSPS) is 12.3. The first kappa shape index (κ1) is 16.6. The second-order valence-electron chi connectivity index (χ2n) is 6.56. The zero-order chi connectivity index (χ0) is 15.7. The van der Waals surface area contributed by atoms with E-state index in [4.69, 9.17) is 5.11 Å². The Bertz CT molecular complexity index is 527. The third-order valence-corrected chi connectivity index (χ3v) is 4.50. The molecule has 0 aromatic carbocycles. The molecule has 1 aromatic heterocycles. The van der Waals surface area contributed by atoms with Gasteiger partial charge in [-0.15, -0.1) is 11.3 Å². The van der Waals surface area contributed by atoms with Crippen molar-refractivity contribution < 1.29 is 14.7 Å². The number of thiazole rings is 1. The number of amides is 1. The summed E-state index contributed by atoms with van der Waals surface area (Å²) in [6, 6.07) is 0. The first-order chi connectivity index (χ1) is 8.95. The Balaban J connectivity index is 2.84. The highest BCUT2D eigenvalue weighted by Crippen LogP contribution is 2.29. The van der Waals surface area contributed by atoms with Gasteiger partial charge in [-0.1, -0.05) is 20.8 Å². The predicted molar refractivity (Wildman–Crippen MR) is 79.3 cm³/mol. The van der Waals surface area contributed by atoms with Crippen LogP contribution in [0.4, 0.5) is 0 Å². The maximum atomic E-state index is 12.1. The maximum absolute atomic E-state index is 12.1. The molecular weight excluding hydrogens is 276 g/mol. The van der Waals surface area contributed by atoms with Crippen LogP contribution in [0.3, 0.4) is 0 Å².